The molecule has 0 spiro atoms. The van der Waals surface area contributed by atoms with Crippen LogP contribution in [0.3, 0.4) is 0 Å². The standard InChI is InChI=1S/C22H20Cl2N3OS/c1-25-8-9-27-18-5-3-2-4-15(18)20(19(27)13-25)21-22(28)26(10-11-29-21)14-6-7-16(23)17(24)12-14/h2-7,12-13,21H,8-11H2,1H3/q+1. The Morgan fingerprint density at radius 2 is 1.93 bits per heavy atom. The summed E-state index contributed by atoms with van der Waals surface area (Å²) >= 11 is 14.0. The predicted molar refractivity (Wildman–Crippen MR) is 122 cm³/mol. The van der Waals surface area contributed by atoms with Crippen molar-refractivity contribution in [3.63, 3.8) is 0 Å². The molecule has 2 aliphatic heterocycles. The highest BCUT2D eigenvalue weighted by atomic mass is 35.5. The third-order valence-corrected chi connectivity index (χ3v) is 7.57. The number of carbonyl (C=O) groups is 1. The summed E-state index contributed by atoms with van der Waals surface area (Å²) < 4.78 is 4.54. The van der Waals surface area contributed by atoms with E-state index < -0.39 is 0 Å². The van der Waals surface area contributed by atoms with Gasteiger partial charge in [0.05, 0.1) is 16.6 Å². The number of halogens is 2. The number of aromatic nitrogens is 1. The molecule has 3 heterocycles. The van der Waals surface area contributed by atoms with E-state index >= 15 is 0 Å². The Bertz CT molecular complexity index is 1170. The largest absolute Gasteiger partial charge is 0.329 e. The molecular formula is C22H20Cl2N3OS+. The Morgan fingerprint density at radius 1 is 1.10 bits per heavy atom. The zero-order valence-electron chi connectivity index (χ0n) is 15.9. The molecule has 1 unspecified atom stereocenters. The molecule has 1 amide bonds. The Hall–Kier alpha value is -1.95. The van der Waals surface area contributed by atoms with E-state index in [1.165, 1.54) is 5.52 Å². The Balaban J connectivity index is 1.63. The number of hydrogen-bond acceptors (Lipinski definition) is 2. The van der Waals surface area contributed by atoms with Crippen molar-refractivity contribution in [2.45, 2.75) is 11.8 Å². The first-order valence-electron chi connectivity index (χ1n) is 9.59. The van der Waals surface area contributed by atoms with E-state index in [2.05, 4.69) is 46.7 Å². The van der Waals surface area contributed by atoms with Crippen molar-refractivity contribution >= 4 is 63.7 Å². The van der Waals surface area contributed by atoms with Crippen molar-refractivity contribution < 1.29 is 9.37 Å². The number of para-hydroxylation sites is 1. The number of rotatable bonds is 2. The van der Waals surface area contributed by atoms with Crippen LogP contribution in [0.15, 0.2) is 42.5 Å². The van der Waals surface area contributed by atoms with E-state index in [1.807, 2.05) is 11.0 Å². The lowest BCUT2D eigenvalue weighted by Gasteiger charge is -2.32. The third kappa shape index (κ3) is 3.16. The summed E-state index contributed by atoms with van der Waals surface area (Å²) in [6.07, 6.45) is 2.17. The van der Waals surface area contributed by atoms with Crippen molar-refractivity contribution in [3.8, 4) is 0 Å². The minimum atomic E-state index is -0.248. The first-order chi connectivity index (χ1) is 14.0. The number of carbonyl (C=O) groups excluding carboxylic acids is 1. The van der Waals surface area contributed by atoms with Gasteiger partial charge in [0, 0.05) is 34.5 Å². The number of amides is 1. The number of anilines is 1. The summed E-state index contributed by atoms with van der Waals surface area (Å²) in [5, 5.41) is 1.88. The summed E-state index contributed by atoms with van der Waals surface area (Å²) in [5.41, 5.74) is 4.25. The minimum Gasteiger partial charge on any atom is -0.329 e. The molecule has 3 aromatic rings. The van der Waals surface area contributed by atoms with E-state index in [9.17, 15) is 4.79 Å². The van der Waals surface area contributed by atoms with Gasteiger partial charge in [-0.3, -0.25) is 4.79 Å². The molecule has 7 heteroatoms. The number of thioether (sulfide) groups is 1. The number of hydrogen-bond donors (Lipinski definition) is 0. The molecule has 1 fully saturated rings. The highest BCUT2D eigenvalue weighted by Crippen LogP contribution is 2.43. The van der Waals surface area contributed by atoms with E-state index in [1.54, 1.807) is 23.9 Å². The third-order valence-electron chi connectivity index (χ3n) is 5.64. The lowest BCUT2D eigenvalue weighted by Crippen LogP contribution is -2.40. The van der Waals surface area contributed by atoms with E-state index in [-0.39, 0.29) is 11.2 Å². The lowest BCUT2D eigenvalue weighted by atomic mass is 10.1. The van der Waals surface area contributed by atoms with E-state index in [0.717, 1.165) is 41.2 Å². The first-order valence-corrected chi connectivity index (χ1v) is 11.4. The fourth-order valence-electron chi connectivity index (χ4n) is 4.24. The quantitative estimate of drug-likeness (QED) is 0.528. The first kappa shape index (κ1) is 19.0. The molecule has 2 aromatic carbocycles. The molecule has 0 N–H and O–H groups in total. The maximum Gasteiger partial charge on any atom is 0.244 e. The lowest BCUT2D eigenvalue weighted by molar-refractivity contribution is -0.496. The van der Waals surface area contributed by atoms with Gasteiger partial charge in [-0.15, -0.1) is 11.8 Å². The van der Waals surface area contributed by atoms with Crippen LogP contribution < -0.4 is 4.90 Å². The number of likely N-dealkylation sites (N-methyl/N-ethyl adjacent to an activating group) is 1. The van der Waals surface area contributed by atoms with Crippen molar-refractivity contribution in [2.75, 3.05) is 30.8 Å². The van der Waals surface area contributed by atoms with Crippen LogP contribution >= 0.6 is 35.0 Å². The Kier molecular flexibility index (Phi) is 4.85. The topological polar surface area (TPSA) is 28.2 Å². The molecule has 0 aliphatic carbocycles. The van der Waals surface area contributed by atoms with Crippen LogP contribution in [-0.4, -0.2) is 47.2 Å². The maximum absolute atomic E-state index is 13.6. The summed E-state index contributed by atoms with van der Waals surface area (Å²) in [6, 6.07) is 13.8. The highest BCUT2D eigenvalue weighted by Gasteiger charge is 2.37. The van der Waals surface area contributed by atoms with Crippen LogP contribution in [-0.2, 0) is 11.3 Å². The predicted octanol–water partition coefficient (Wildman–Crippen LogP) is 4.84. The van der Waals surface area contributed by atoms with Gasteiger partial charge in [-0.25, -0.2) is 4.58 Å². The molecule has 0 saturated carbocycles. The normalized spacial score (nSPS) is 19.4. The second kappa shape index (κ2) is 7.38. The van der Waals surface area contributed by atoms with Crippen LogP contribution in [0.2, 0.25) is 10.0 Å². The molecule has 4 nitrogen and oxygen atoms in total. The van der Waals surface area contributed by atoms with Crippen molar-refractivity contribution in [1.29, 1.82) is 0 Å². The zero-order valence-corrected chi connectivity index (χ0v) is 18.3. The van der Waals surface area contributed by atoms with Gasteiger partial charge in [0.1, 0.15) is 18.0 Å². The Labute approximate surface area is 183 Å². The van der Waals surface area contributed by atoms with Gasteiger partial charge in [0.25, 0.3) is 0 Å². The molecule has 29 heavy (non-hydrogen) atoms. The van der Waals surface area contributed by atoms with E-state index in [0.29, 0.717) is 16.6 Å². The zero-order chi connectivity index (χ0) is 20.1. The summed E-state index contributed by atoms with van der Waals surface area (Å²) in [6.45, 7) is 2.55. The molecule has 148 valence electrons. The number of benzene rings is 2. The second-order valence-corrected chi connectivity index (χ2v) is 9.44. The van der Waals surface area contributed by atoms with Crippen LogP contribution in [0, 0.1) is 0 Å². The summed E-state index contributed by atoms with van der Waals surface area (Å²) in [5.74, 6) is 0.964. The molecule has 1 aromatic heterocycles. The molecule has 1 atom stereocenters. The SMILES string of the molecule is C[N+]1=Cc2c(C3SCCN(c4ccc(Cl)c(Cl)c4)C3=O)c3ccccc3n2CC1. The van der Waals surface area contributed by atoms with Gasteiger partial charge < -0.3 is 9.47 Å². The average molecular weight is 445 g/mol. The Morgan fingerprint density at radius 3 is 2.76 bits per heavy atom. The highest BCUT2D eigenvalue weighted by molar-refractivity contribution is 8.00. The molecule has 1 saturated heterocycles. The molecule has 0 radical (unpaired) electrons. The number of fused-ring (bicyclic) bond motifs is 3. The molecule has 2 aliphatic rings. The van der Waals surface area contributed by atoms with Gasteiger partial charge in [-0.05, 0) is 24.3 Å². The van der Waals surface area contributed by atoms with Crippen LogP contribution in [0.25, 0.3) is 10.9 Å². The van der Waals surface area contributed by atoms with Gasteiger partial charge >= 0.3 is 0 Å². The molecular weight excluding hydrogens is 425 g/mol. The van der Waals surface area contributed by atoms with Crippen LogP contribution in [0.1, 0.15) is 16.5 Å². The fraction of sp³-hybridized carbons (Fsp3) is 0.273. The second-order valence-electron chi connectivity index (χ2n) is 7.42. The maximum atomic E-state index is 13.6. The molecule has 0 bridgehead atoms. The van der Waals surface area contributed by atoms with Crippen molar-refractivity contribution in [3.05, 3.63) is 63.8 Å². The fourth-order valence-corrected chi connectivity index (χ4v) is 5.74. The van der Waals surface area contributed by atoms with Crippen LogP contribution in [0.5, 0.6) is 0 Å². The average Bonchev–Trinajstić information content (AvgIpc) is 3.04. The minimum absolute atomic E-state index is 0.0976. The number of nitrogens with zero attached hydrogens (tertiary/aromatic N) is 3. The van der Waals surface area contributed by atoms with Crippen molar-refractivity contribution in [1.82, 2.24) is 4.57 Å². The van der Waals surface area contributed by atoms with E-state index in [4.69, 9.17) is 23.2 Å². The smallest absolute Gasteiger partial charge is 0.244 e. The molecule has 5 rings (SSSR count). The van der Waals surface area contributed by atoms with Gasteiger partial charge in [0.2, 0.25) is 5.91 Å². The van der Waals surface area contributed by atoms with Crippen molar-refractivity contribution in [2.24, 2.45) is 0 Å². The summed E-state index contributed by atoms with van der Waals surface area (Å²) in [7, 11) is 2.09. The summed E-state index contributed by atoms with van der Waals surface area (Å²) in [4.78, 5) is 15.5. The van der Waals surface area contributed by atoms with Gasteiger partial charge in [-0.1, -0.05) is 41.4 Å². The van der Waals surface area contributed by atoms with Gasteiger partial charge in [-0.2, -0.15) is 0 Å². The monoisotopic (exact) mass is 444 g/mol. The van der Waals surface area contributed by atoms with Gasteiger partial charge in [0.15, 0.2) is 12.8 Å². The van der Waals surface area contributed by atoms with Crippen LogP contribution in [0.4, 0.5) is 5.69 Å².